The molecule has 0 unspecified atom stereocenters. The summed E-state index contributed by atoms with van der Waals surface area (Å²) < 4.78 is 13.4. The molecule has 0 aliphatic rings. The van der Waals surface area contributed by atoms with Crippen LogP contribution >= 0.6 is 0 Å². The van der Waals surface area contributed by atoms with Gasteiger partial charge >= 0.3 is 0 Å². The highest BCUT2D eigenvalue weighted by Gasteiger charge is 2.24. The van der Waals surface area contributed by atoms with Crippen molar-refractivity contribution in [3.05, 3.63) is 195 Å². The lowest BCUT2D eigenvalue weighted by Gasteiger charge is -2.29. The van der Waals surface area contributed by atoms with Crippen LogP contribution in [-0.2, 0) is 0 Å². The first-order valence-electron chi connectivity index (χ1n) is 21.9. The number of benzene rings is 9. The topological polar surface area (TPSA) is 37.1 Å². The quantitative estimate of drug-likeness (QED) is 0.156. The van der Waals surface area contributed by atoms with E-state index >= 15 is 0 Å². The molecule has 5 heteroatoms. The third kappa shape index (κ3) is 6.28. The van der Waals surface area contributed by atoms with Crippen LogP contribution in [0, 0.1) is 62.0 Å². The van der Waals surface area contributed by atoms with Crippen LogP contribution in [0.25, 0.3) is 70.3 Å². The summed E-state index contributed by atoms with van der Waals surface area (Å²) in [7, 11) is 0. The summed E-state index contributed by atoms with van der Waals surface area (Å²) in [6.45, 7) is 25.6. The van der Waals surface area contributed by atoms with Gasteiger partial charge in [-0.1, -0.05) is 60.7 Å². The molecule has 0 aliphatic carbocycles. The van der Waals surface area contributed by atoms with Crippen molar-refractivity contribution in [2.24, 2.45) is 0 Å². The fourth-order valence-electron chi connectivity index (χ4n) is 9.67. The highest BCUT2D eigenvalue weighted by atomic mass is 16.3. The standard InChI is InChI=1S/C59H47N3O2/c1-33-10-14-37(5)50(22-33)61(51-23-34(2)11-15-38(51)6)45-20-18-41-28-47-54(30-43(41)26-45)63-56-32-49(60-9)59-58(57(47)56)48-29-42-19-21-46(27-44(42)31-55(48)64-59)62(52-24-35(3)12-16-39(52)7)53-25-36(4)13-17-40(53)8/h10-32H,1-8H3. The highest BCUT2D eigenvalue weighted by molar-refractivity contribution is 6.30. The Kier molecular flexibility index (Phi) is 8.94. The minimum Gasteiger partial charge on any atom is -0.467 e. The summed E-state index contributed by atoms with van der Waals surface area (Å²) in [4.78, 5) is 8.73. The van der Waals surface area contributed by atoms with E-state index in [9.17, 15) is 0 Å². The molecule has 11 aromatic rings. The monoisotopic (exact) mass is 829 g/mol. The minimum atomic E-state index is 0.433. The van der Waals surface area contributed by atoms with Gasteiger partial charge in [0.15, 0.2) is 0 Å². The molecule has 0 amide bonds. The molecule has 0 N–H and O–H groups in total. The second-order valence-corrected chi connectivity index (χ2v) is 17.9. The molecule has 11 rings (SSSR count). The zero-order valence-electron chi connectivity index (χ0n) is 37.4. The minimum absolute atomic E-state index is 0.433. The lowest BCUT2D eigenvalue weighted by Crippen LogP contribution is -2.13. The maximum atomic E-state index is 8.25. The first-order chi connectivity index (χ1) is 30.9. The third-order valence-corrected chi connectivity index (χ3v) is 13.1. The van der Waals surface area contributed by atoms with Crippen LogP contribution in [0.5, 0.6) is 0 Å². The van der Waals surface area contributed by atoms with E-state index < -0.39 is 0 Å². The van der Waals surface area contributed by atoms with E-state index in [1.54, 1.807) is 0 Å². The van der Waals surface area contributed by atoms with Gasteiger partial charge in [0.25, 0.3) is 0 Å². The second kappa shape index (κ2) is 14.6. The SMILES string of the molecule is [C-]#[N+]c1cc2oc3cc4cc(N(c5cc(C)ccc5C)c5cc(C)ccc5C)ccc4cc3c2c2c1oc1cc3cc(N(c4cc(C)ccc4C)c4cc(C)ccc4C)ccc3cc12. The highest BCUT2D eigenvalue weighted by Crippen LogP contribution is 2.48. The second-order valence-electron chi connectivity index (χ2n) is 17.9. The average Bonchev–Trinajstić information content (AvgIpc) is 3.83. The maximum Gasteiger partial charge on any atom is 0.233 e. The average molecular weight is 830 g/mol. The molecule has 0 saturated carbocycles. The van der Waals surface area contributed by atoms with Gasteiger partial charge in [-0.05, 0) is 200 Å². The van der Waals surface area contributed by atoms with Gasteiger partial charge in [0.05, 0.1) is 6.57 Å². The van der Waals surface area contributed by atoms with E-state index in [1.165, 1.54) is 44.5 Å². The Balaban J connectivity index is 1.09. The van der Waals surface area contributed by atoms with Gasteiger partial charge in [0, 0.05) is 55.7 Å². The molecule has 0 radical (unpaired) electrons. The van der Waals surface area contributed by atoms with Crippen molar-refractivity contribution in [3.8, 4) is 0 Å². The van der Waals surface area contributed by atoms with Crippen LogP contribution in [0.2, 0.25) is 0 Å². The predicted molar refractivity (Wildman–Crippen MR) is 270 cm³/mol. The molecular formula is C59H47N3O2. The van der Waals surface area contributed by atoms with E-state index in [4.69, 9.17) is 15.4 Å². The molecule has 5 nitrogen and oxygen atoms in total. The van der Waals surface area contributed by atoms with Crippen molar-refractivity contribution in [2.75, 3.05) is 9.80 Å². The van der Waals surface area contributed by atoms with Crippen molar-refractivity contribution >= 4 is 105 Å². The Morgan fingerprint density at radius 1 is 0.375 bits per heavy atom. The number of hydrogen-bond acceptors (Lipinski definition) is 4. The van der Waals surface area contributed by atoms with Gasteiger partial charge in [-0.2, -0.15) is 0 Å². The first-order valence-corrected chi connectivity index (χ1v) is 21.9. The Bertz CT molecular complexity index is 3700. The van der Waals surface area contributed by atoms with E-state index in [2.05, 4.69) is 203 Å². The zero-order valence-corrected chi connectivity index (χ0v) is 37.4. The number of hydrogen-bond donors (Lipinski definition) is 0. The van der Waals surface area contributed by atoms with E-state index in [-0.39, 0.29) is 0 Å². The Morgan fingerprint density at radius 3 is 1.20 bits per heavy atom. The first kappa shape index (κ1) is 39.1. The molecular weight excluding hydrogens is 783 g/mol. The van der Waals surface area contributed by atoms with Crippen LogP contribution in [-0.4, -0.2) is 0 Å². The number of anilines is 6. The number of nitrogens with zero attached hydrogens (tertiary/aromatic N) is 3. The van der Waals surface area contributed by atoms with Gasteiger partial charge in [-0.25, -0.2) is 4.85 Å². The molecule has 310 valence electrons. The van der Waals surface area contributed by atoms with Crippen molar-refractivity contribution in [2.45, 2.75) is 55.4 Å². The van der Waals surface area contributed by atoms with Crippen LogP contribution in [0.15, 0.2) is 148 Å². The molecule has 2 heterocycles. The van der Waals surface area contributed by atoms with Crippen molar-refractivity contribution in [3.63, 3.8) is 0 Å². The fourth-order valence-corrected chi connectivity index (χ4v) is 9.67. The fraction of sp³-hybridized carbons (Fsp3) is 0.136. The Labute approximate surface area is 373 Å². The largest absolute Gasteiger partial charge is 0.467 e. The molecule has 2 aromatic heterocycles. The van der Waals surface area contributed by atoms with Gasteiger partial charge in [0.1, 0.15) is 22.3 Å². The Morgan fingerprint density at radius 2 is 0.781 bits per heavy atom. The summed E-state index contributed by atoms with van der Waals surface area (Å²) in [5, 5.41) is 8.14. The van der Waals surface area contributed by atoms with Crippen LogP contribution in [0.1, 0.15) is 44.5 Å². The normalized spacial score (nSPS) is 11.7. The summed E-state index contributed by atoms with van der Waals surface area (Å²) in [6, 6.07) is 50.5. The van der Waals surface area contributed by atoms with Crippen LogP contribution in [0.4, 0.5) is 39.8 Å². The summed E-state index contributed by atoms with van der Waals surface area (Å²) in [5.74, 6) is 0. The van der Waals surface area contributed by atoms with Crippen molar-refractivity contribution in [1.82, 2.24) is 0 Å². The molecule has 0 saturated heterocycles. The molecule has 0 fully saturated rings. The van der Waals surface area contributed by atoms with Gasteiger partial charge in [0.2, 0.25) is 5.69 Å². The predicted octanol–water partition coefficient (Wildman–Crippen LogP) is 17.7. The van der Waals surface area contributed by atoms with Gasteiger partial charge in [-0.15, -0.1) is 0 Å². The van der Waals surface area contributed by atoms with E-state index in [0.717, 1.165) is 88.4 Å². The summed E-state index contributed by atoms with van der Waals surface area (Å²) >= 11 is 0. The zero-order chi connectivity index (χ0) is 44.1. The van der Waals surface area contributed by atoms with Crippen molar-refractivity contribution < 1.29 is 8.83 Å². The molecule has 0 aliphatic heterocycles. The maximum absolute atomic E-state index is 8.25. The number of fused-ring (bicyclic) bond motifs is 9. The van der Waals surface area contributed by atoms with E-state index in [1.807, 2.05) is 6.07 Å². The van der Waals surface area contributed by atoms with Gasteiger partial charge < -0.3 is 18.6 Å². The van der Waals surface area contributed by atoms with Crippen LogP contribution < -0.4 is 9.80 Å². The van der Waals surface area contributed by atoms with Gasteiger partial charge in [-0.3, -0.25) is 0 Å². The third-order valence-electron chi connectivity index (χ3n) is 13.1. The lowest BCUT2D eigenvalue weighted by molar-refractivity contribution is 0.665. The number of aryl methyl sites for hydroxylation is 8. The van der Waals surface area contributed by atoms with Crippen LogP contribution in [0.3, 0.4) is 0 Å². The molecule has 0 atom stereocenters. The Hall–Kier alpha value is -7.81. The molecule has 9 aromatic carbocycles. The number of rotatable bonds is 6. The molecule has 64 heavy (non-hydrogen) atoms. The summed E-state index contributed by atoms with van der Waals surface area (Å²) in [6.07, 6.45) is 0. The van der Waals surface area contributed by atoms with Crippen molar-refractivity contribution in [1.29, 1.82) is 0 Å². The summed E-state index contributed by atoms with van der Waals surface area (Å²) in [5.41, 5.74) is 19.6. The lowest BCUT2D eigenvalue weighted by atomic mass is 9.99. The molecule has 0 bridgehead atoms. The molecule has 0 spiro atoms. The smallest absolute Gasteiger partial charge is 0.233 e. The number of furan rings is 2. The van der Waals surface area contributed by atoms with E-state index in [0.29, 0.717) is 16.9 Å².